The Morgan fingerprint density at radius 2 is 1.80 bits per heavy atom. The summed E-state index contributed by atoms with van der Waals surface area (Å²) in [6.07, 6.45) is 0. The fourth-order valence-electron chi connectivity index (χ4n) is 1.30. The van der Waals surface area contributed by atoms with Crippen molar-refractivity contribution < 1.29 is 8.42 Å². The van der Waals surface area contributed by atoms with Gasteiger partial charge in [-0.1, -0.05) is 20.8 Å². The van der Waals surface area contributed by atoms with Gasteiger partial charge in [-0.05, 0) is 19.3 Å². The topological polar surface area (TPSA) is 61.2 Å². The second kappa shape index (κ2) is 4.95. The smallest absolute Gasteiger partial charge is 0.212 e. The summed E-state index contributed by atoms with van der Waals surface area (Å²) < 4.78 is 25.2. The molecule has 0 aromatic heterocycles. The Kier molecular flexibility index (Phi) is 4.75. The normalized spacial score (nSPS) is 13.2. The average Bonchev–Trinajstić information content (AvgIpc) is 1.93. The molecule has 0 amide bonds. The molecular formula is C10H20N2O2S. The van der Waals surface area contributed by atoms with E-state index < -0.39 is 10.0 Å². The molecule has 0 heterocycles. The van der Waals surface area contributed by atoms with E-state index in [1.807, 2.05) is 26.8 Å². The molecule has 0 saturated heterocycles. The van der Waals surface area contributed by atoms with Gasteiger partial charge < -0.3 is 0 Å². The van der Waals surface area contributed by atoms with E-state index in [0.29, 0.717) is 0 Å². The lowest BCUT2D eigenvalue weighted by atomic mass is 10.0. The van der Waals surface area contributed by atoms with E-state index in [-0.39, 0.29) is 23.8 Å². The van der Waals surface area contributed by atoms with Gasteiger partial charge in [0, 0.05) is 6.04 Å². The van der Waals surface area contributed by atoms with E-state index >= 15 is 0 Å². The van der Waals surface area contributed by atoms with Crippen LogP contribution in [0.4, 0.5) is 0 Å². The molecule has 0 bridgehead atoms. The number of rotatable bonds is 4. The first-order chi connectivity index (χ1) is 6.60. The van der Waals surface area contributed by atoms with Crippen molar-refractivity contribution in [1.82, 2.24) is 4.31 Å². The third-order valence-corrected chi connectivity index (χ3v) is 4.27. The maximum atomic E-state index is 12.0. The van der Waals surface area contributed by atoms with Crippen molar-refractivity contribution in [2.24, 2.45) is 5.41 Å². The van der Waals surface area contributed by atoms with E-state index in [1.165, 1.54) is 4.31 Å². The third-order valence-electron chi connectivity index (χ3n) is 1.78. The Morgan fingerprint density at radius 1 is 1.33 bits per heavy atom. The minimum absolute atomic E-state index is 0.0693. The van der Waals surface area contributed by atoms with Crippen molar-refractivity contribution in [3.63, 3.8) is 0 Å². The minimum atomic E-state index is -3.33. The van der Waals surface area contributed by atoms with Crippen LogP contribution in [0.5, 0.6) is 0 Å². The zero-order valence-corrected chi connectivity index (χ0v) is 10.9. The maximum Gasteiger partial charge on any atom is 0.215 e. The molecule has 15 heavy (non-hydrogen) atoms. The van der Waals surface area contributed by atoms with E-state index in [0.717, 1.165) is 0 Å². The van der Waals surface area contributed by atoms with Gasteiger partial charge in [-0.15, -0.1) is 0 Å². The molecule has 0 unspecified atom stereocenters. The molecule has 0 spiro atoms. The molecule has 0 fully saturated rings. The van der Waals surface area contributed by atoms with Gasteiger partial charge >= 0.3 is 0 Å². The summed E-state index contributed by atoms with van der Waals surface area (Å²) in [7, 11) is -3.33. The molecule has 0 N–H and O–H groups in total. The van der Waals surface area contributed by atoms with E-state index in [9.17, 15) is 8.42 Å². The fraction of sp³-hybridized carbons (Fsp3) is 0.900. The van der Waals surface area contributed by atoms with Crippen LogP contribution in [-0.2, 0) is 10.0 Å². The van der Waals surface area contributed by atoms with E-state index in [1.54, 1.807) is 13.8 Å². The predicted octanol–water partition coefficient (Wildman–Crippen LogP) is 1.60. The first kappa shape index (κ1) is 14.4. The van der Waals surface area contributed by atoms with Gasteiger partial charge in [0.25, 0.3) is 0 Å². The van der Waals surface area contributed by atoms with Gasteiger partial charge in [-0.2, -0.15) is 9.57 Å². The van der Waals surface area contributed by atoms with E-state index in [2.05, 4.69) is 0 Å². The Hall–Kier alpha value is -0.600. The van der Waals surface area contributed by atoms with Crippen LogP contribution in [0, 0.1) is 16.7 Å². The zero-order chi connectivity index (χ0) is 12.3. The van der Waals surface area contributed by atoms with E-state index in [4.69, 9.17) is 5.26 Å². The fourth-order valence-corrected chi connectivity index (χ4v) is 3.46. The maximum absolute atomic E-state index is 12.0. The van der Waals surface area contributed by atoms with Gasteiger partial charge in [0.1, 0.15) is 6.54 Å². The van der Waals surface area contributed by atoms with Crippen LogP contribution in [0.15, 0.2) is 0 Å². The Morgan fingerprint density at radius 3 is 2.07 bits per heavy atom. The molecule has 0 aliphatic carbocycles. The Labute approximate surface area is 92.9 Å². The van der Waals surface area contributed by atoms with Crippen molar-refractivity contribution in [1.29, 1.82) is 5.26 Å². The Bertz CT molecular complexity index is 333. The molecule has 0 aromatic carbocycles. The van der Waals surface area contributed by atoms with Gasteiger partial charge in [0.2, 0.25) is 10.0 Å². The van der Waals surface area contributed by atoms with Gasteiger partial charge in [0.15, 0.2) is 0 Å². The number of sulfonamides is 1. The lowest BCUT2D eigenvalue weighted by Gasteiger charge is -2.27. The molecule has 0 radical (unpaired) electrons. The van der Waals surface area contributed by atoms with Crippen molar-refractivity contribution >= 4 is 10.0 Å². The first-order valence-corrected chi connectivity index (χ1v) is 6.57. The highest BCUT2D eigenvalue weighted by molar-refractivity contribution is 7.89. The van der Waals surface area contributed by atoms with Crippen molar-refractivity contribution in [3.05, 3.63) is 0 Å². The molecule has 0 aliphatic heterocycles. The summed E-state index contributed by atoms with van der Waals surface area (Å²) in [5.74, 6) is 0.0693. The van der Waals surface area contributed by atoms with Gasteiger partial charge in [0.05, 0.1) is 11.8 Å². The number of hydrogen-bond donors (Lipinski definition) is 0. The highest BCUT2D eigenvalue weighted by Crippen LogP contribution is 2.19. The Balaban J connectivity index is 4.91. The number of nitrogens with zero attached hydrogens (tertiary/aromatic N) is 2. The van der Waals surface area contributed by atoms with Crippen LogP contribution in [0.1, 0.15) is 34.6 Å². The second-order valence-corrected chi connectivity index (χ2v) is 7.04. The van der Waals surface area contributed by atoms with Gasteiger partial charge in [-0.3, -0.25) is 0 Å². The summed E-state index contributed by atoms with van der Waals surface area (Å²) >= 11 is 0. The number of nitriles is 1. The van der Waals surface area contributed by atoms with Crippen molar-refractivity contribution in [2.45, 2.75) is 40.7 Å². The summed E-state index contributed by atoms with van der Waals surface area (Å²) in [6, 6.07) is 1.72. The van der Waals surface area contributed by atoms with Crippen LogP contribution in [0.3, 0.4) is 0 Å². The first-order valence-electron chi connectivity index (χ1n) is 4.96. The zero-order valence-electron chi connectivity index (χ0n) is 10.1. The molecule has 0 atom stereocenters. The molecule has 5 heteroatoms. The van der Waals surface area contributed by atoms with Crippen LogP contribution < -0.4 is 0 Å². The molecule has 88 valence electrons. The summed E-state index contributed by atoms with van der Waals surface area (Å²) in [5, 5.41) is 8.59. The standard InChI is InChI=1S/C10H20N2O2S/c1-9(2)12(7-6-11)15(13,14)8-10(3,4)5/h9H,7-8H2,1-5H3. The monoisotopic (exact) mass is 232 g/mol. The highest BCUT2D eigenvalue weighted by atomic mass is 32.2. The molecule has 0 aromatic rings. The van der Waals surface area contributed by atoms with Crippen LogP contribution in [-0.4, -0.2) is 31.1 Å². The molecule has 4 nitrogen and oxygen atoms in total. The van der Waals surface area contributed by atoms with Crippen molar-refractivity contribution in [3.8, 4) is 6.07 Å². The lowest BCUT2D eigenvalue weighted by Crippen LogP contribution is -2.41. The highest BCUT2D eigenvalue weighted by Gasteiger charge is 2.29. The third kappa shape index (κ3) is 5.14. The quantitative estimate of drug-likeness (QED) is 0.692. The molecular weight excluding hydrogens is 212 g/mol. The van der Waals surface area contributed by atoms with Crippen molar-refractivity contribution in [2.75, 3.05) is 12.3 Å². The van der Waals surface area contributed by atoms with Crippen LogP contribution >= 0.6 is 0 Å². The largest absolute Gasteiger partial charge is 0.215 e. The lowest BCUT2D eigenvalue weighted by molar-refractivity contribution is 0.368. The second-order valence-electron chi connectivity index (χ2n) is 5.11. The van der Waals surface area contributed by atoms with Gasteiger partial charge in [-0.25, -0.2) is 8.42 Å². The predicted molar refractivity (Wildman–Crippen MR) is 60.7 cm³/mol. The molecule has 0 aliphatic rings. The summed E-state index contributed by atoms with van der Waals surface area (Å²) in [4.78, 5) is 0. The summed E-state index contributed by atoms with van der Waals surface area (Å²) in [6.45, 7) is 9.09. The molecule has 0 saturated carbocycles. The molecule has 0 rings (SSSR count). The summed E-state index contributed by atoms with van der Waals surface area (Å²) in [5.41, 5.74) is -0.290. The SMILES string of the molecule is CC(C)N(CC#N)S(=O)(=O)CC(C)(C)C. The average molecular weight is 232 g/mol. The number of hydrogen-bond acceptors (Lipinski definition) is 3. The van der Waals surface area contributed by atoms with Crippen LogP contribution in [0.25, 0.3) is 0 Å². The minimum Gasteiger partial charge on any atom is -0.212 e. The van der Waals surface area contributed by atoms with Crippen LogP contribution in [0.2, 0.25) is 0 Å².